The van der Waals surface area contributed by atoms with Crippen LogP contribution in [0.5, 0.6) is 0 Å². The summed E-state index contributed by atoms with van der Waals surface area (Å²) in [6.07, 6.45) is 6.05. The zero-order chi connectivity index (χ0) is 22.2. The summed E-state index contributed by atoms with van der Waals surface area (Å²) in [5.41, 5.74) is 9.69. The van der Waals surface area contributed by atoms with Crippen LogP contribution in [0.4, 0.5) is 0 Å². The first-order valence-electron chi connectivity index (χ1n) is 9.95. The van der Waals surface area contributed by atoms with Gasteiger partial charge in [-0.3, -0.25) is 14.6 Å². The Morgan fingerprint density at radius 2 is 2.06 bits per heavy atom. The number of hydrogen-bond acceptors (Lipinski definition) is 5. The van der Waals surface area contributed by atoms with Gasteiger partial charge in [-0.2, -0.15) is 0 Å². The van der Waals surface area contributed by atoms with Crippen molar-refractivity contribution in [3.05, 3.63) is 76.9 Å². The van der Waals surface area contributed by atoms with Crippen molar-refractivity contribution in [2.24, 2.45) is 10.7 Å². The molecule has 3 aromatic rings. The van der Waals surface area contributed by atoms with Crippen LogP contribution in [-0.4, -0.2) is 48.6 Å². The minimum absolute atomic E-state index is 0.201. The van der Waals surface area contributed by atoms with Gasteiger partial charge in [0.05, 0.1) is 0 Å². The monoisotopic (exact) mass is 418 g/mol. The van der Waals surface area contributed by atoms with Crippen LogP contribution >= 0.6 is 0 Å². The molecule has 0 unspecified atom stereocenters. The van der Waals surface area contributed by atoms with Crippen molar-refractivity contribution in [1.82, 2.24) is 20.6 Å². The van der Waals surface area contributed by atoms with E-state index in [1.807, 2.05) is 30.5 Å². The lowest BCUT2D eigenvalue weighted by molar-refractivity contribution is 0.0954. The first-order chi connectivity index (χ1) is 15.0. The molecule has 2 heterocycles. The van der Waals surface area contributed by atoms with Gasteiger partial charge in [0.15, 0.2) is 0 Å². The highest BCUT2D eigenvalue weighted by Gasteiger charge is 2.15. The topological polar surface area (TPSA) is 125 Å². The Morgan fingerprint density at radius 3 is 2.81 bits per heavy atom. The second-order valence-electron chi connectivity index (χ2n) is 6.98. The Hall–Kier alpha value is -3.94. The van der Waals surface area contributed by atoms with Crippen molar-refractivity contribution in [2.45, 2.75) is 12.8 Å². The van der Waals surface area contributed by atoms with Crippen LogP contribution in [0, 0.1) is 0 Å². The van der Waals surface area contributed by atoms with E-state index in [-0.39, 0.29) is 17.5 Å². The van der Waals surface area contributed by atoms with E-state index in [1.54, 1.807) is 19.3 Å². The van der Waals surface area contributed by atoms with E-state index in [2.05, 4.69) is 25.6 Å². The summed E-state index contributed by atoms with van der Waals surface area (Å²) in [5.74, 6) is -0.623. The highest BCUT2D eigenvalue weighted by atomic mass is 16.2. The maximum absolute atomic E-state index is 12.8. The van der Waals surface area contributed by atoms with E-state index in [9.17, 15) is 9.59 Å². The maximum atomic E-state index is 12.8. The number of fused-ring (bicyclic) bond motifs is 1. The van der Waals surface area contributed by atoms with Gasteiger partial charge < -0.3 is 21.4 Å². The minimum atomic E-state index is -0.344. The number of aliphatic imine (C=N–C) groups is 1. The van der Waals surface area contributed by atoms with Crippen LogP contribution in [0.15, 0.2) is 59.4 Å². The number of pyridine rings is 1. The molecule has 0 radical (unpaired) electrons. The minimum Gasteiger partial charge on any atom is -0.404 e. The molecule has 0 saturated carbocycles. The zero-order valence-electron chi connectivity index (χ0n) is 17.6. The van der Waals surface area contributed by atoms with Gasteiger partial charge in [-0.1, -0.05) is 12.1 Å². The predicted octanol–water partition coefficient (Wildman–Crippen LogP) is 2.18. The van der Waals surface area contributed by atoms with Gasteiger partial charge in [0.1, 0.15) is 5.69 Å². The van der Waals surface area contributed by atoms with E-state index >= 15 is 0 Å². The van der Waals surface area contributed by atoms with Crippen molar-refractivity contribution in [3.8, 4) is 0 Å². The zero-order valence-corrected chi connectivity index (χ0v) is 17.6. The van der Waals surface area contributed by atoms with E-state index in [0.717, 1.165) is 22.0 Å². The number of rotatable bonds is 8. The number of benzene rings is 1. The number of aromatic nitrogens is 2. The molecule has 0 aliphatic carbocycles. The van der Waals surface area contributed by atoms with Crippen LogP contribution < -0.4 is 16.4 Å². The van der Waals surface area contributed by atoms with Gasteiger partial charge in [0.2, 0.25) is 0 Å². The molecule has 0 aliphatic heterocycles. The number of hydrogen-bond donors (Lipinski definition) is 4. The average molecular weight is 419 g/mol. The molecule has 8 heteroatoms. The fraction of sp³-hybridized carbons (Fsp3) is 0.217. The molecule has 0 fully saturated rings. The summed E-state index contributed by atoms with van der Waals surface area (Å²) < 4.78 is 0. The maximum Gasteiger partial charge on any atom is 0.269 e. The van der Waals surface area contributed by atoms with Gasteiger partial charge in [0, 0.05) is 61.6 Å². The number of carbonyl (C=O) groups excluding carboxylic acids is 2. The summed E-state index contributed by atoms with van der Waals surface area (Å²) in [4.78, 5) is 36.6. The molecule has 3 rings (SSSR count). The Bertz CT molecular complexity index is 1150. The molecule has 160 valence electrons. The van der Waals surface area contributed by atoms with Crippen LogP contribution in [0.2, 0.25) is 0 Å². The Kier molecular flexibility index (Phi) is 7.16. The molecule has 31 heavy (non-hydrogen) atoms. The Labute approximate surface area is 180 Å². The van der Waals surface area contributed by atoms with Crippen molar-refractivity contribution in [3.63, 3.8) is 0 Å². The quantitative estimate of drug-likeness (QED) is 0.418. The first-order valence-corrected chi connectivity index (χ1v) is 9.95. The lowest BCUT2D eigenvalue weighted by Gasteiger charge is -2.10. The molecule has 2 amide bonds. The van der Waals surface area contributed by atoms with Gasteiger partial charge in [-0.05, 0) is 48.0 Å². The van der Waals surface area contributed by atoms with Gasteiger partial charge in [-0.25, -0.2) is 4.98 Å². The lowest BCUT2D eigenvalue weighted by Crippen LogP contribution is -2.27. The highest BCUT2D eigenvalue weighted by molar-refractivity contribution is 5.98. The van der Waals surface area contributed by atoms with E-state index in [0.29, 0.717) is 30.6 Å². The van der Waals surface area contributed by atoms with Crippen molar-refractivity contribution >= 4 is 28.9 Å². The number of H-pyrrole nitrogens is 1. The summed E-state index contributed by atoms with van der Waals surface area (Å²) in [7, 11) is 3.20. The normalized spacial score (nSPS) is 11.7. The molecule has 5 N–H and O–H groups in total. The SMILES string of the molecule is CN=CC(=CN)CCNC(=O)c1cc(Cc2cccc3[nH]ccc23)nc(C(=O)NC)c1. The number of nitrogens with zero attached hydrogens (tertiary/aromatic N) is 2. The van der Waals surface area contributed by atoms with Gasteiger partial charge >= 0.3 is 0 Å². The molecule has 0 saturated heterocycles. The highest BCUT2D eigenvalue weighted by Crippen LogP contribution is 2.20. The second-order valence-corrected chi connectivity index (χ2v) is 6.98. The fourth-order valence-electron chi connectivity index (χ4n) is 3.33. The smallest absolute Gasteiger partial charge is 0.269 e. The first kappa shape index (κ1) is 21.8. The molecule has 0 bridgehead atoms. The van der Waals surface area contributed by atoms with Crippen LogP contribution in [0.1, 0.15) is 38.5 Å². The third-order valence-corrected chi connectivity index (χ3v) is 4.87. The molecule has 1 aromatic carbocycles. The summed E-state index contributed by atoms with van der Waals surface area (Å²) >= 11 is 0. The Morgan fingerprint density at radius 1 is 1.23 bits per heavy atom. The average Bonchev–Trinajstić information content (AvgIpc) is 3.27. The molecule has 8 nitrogen and oxygen atoms in total. The molecule has 0 aliphatic rings. The summed E-state index contributed by atoms with van der Waals surface area (Å²) in [5, 5.41) is 6.51. The number of nitrogens with two attached hydrogens (primary N) is 1. The van der Waals surface area contributed by atoms with Crippen LogP contribution in [0.25, 0.3) is 10.9 Å². The third-order valence-electron chi connectivity index (χ3n) is 4.87. The number of carbonyl (C=O) groups is 2. The summed E-state index contributed by atoms with van der Waals surface area (Å²) in [6.45, 7) is 0.392. The molecule has 0 spiro atoms. The van der Waals surface area contributed by atoms with E-state index < -0.39 is 0 Å². The standard InChI is InChI=1S/C23H26N6O2/c1-25-14-15(13-24)6-8-28-22(30)17-11-18(29-21(12-17)23(31)26-2)10-16-4-3-5-20-19(16)7-9-27-20/h3-5,7,9,11-14,27H,6,8,10,24H2,1-2H3,(H,26,31)(H,28,30). The lowest BCUT2D eigenvalue weighted by atomic mass is 10.0. The number of amides is 2. The van der Waals surface area contributed by atoms with E-state index in [1.165, 1.54) is 19.3 Å². The largest absolute Gasteiger partial charge is 0.404 e. The van der Waals surface area contributed by atoms with Crippen molar-refractivity contribution in [1.29, 1.82) is 0 Å². The molecular weight excluding hydrogens is 392 g/mol. The third kappa shape index (κ3) is 5.36. The van der Waals surface area contributed by atoms with Gasteiger partial charge in [0.25, 0.3) is 11.8 Å². The molecular formula is C23H26N6O2. The Balaban J connectivity index is 1.84. The van der Waals surface area contributed by atoms with Crippen molar-refractivity contribution < 1.29 is 9.59 Å². The van der Waals surface area contributed by atoms with Crippen LogP contribution in [-0.2, 0) is 6.42 Å². The van der Waals surface area contributed by atoms with Crippen molar-refractivity contribution in [2.75, 3.05) is 20.6 Å². The molecule has 2 aromatic heterocycles. The number of nitrogens with one attached hydrogen (secondary N) is 3. The van der Waals surface area contributed by atoms with Crippen LogP contribution in [0.3, 0.4) is 0 Å². The molecule has 0 atom stereocenters. The number of aromatic amines is 1. The summed E-state index contributed by atoms with van der Waals surface area (Å²) in [6, 6.07) is 11.2. The predicted molar refractivity (Wildman–Crippen MR) is 122 cm³/mol. The van der Waals surface area contributed by atoms with E-state index in [4.69, 9.17) is 5.73 Å². The van der Waals surface area contributed by atoms with Gasteiger partial charge in [-0.15, -0.1) is 0 Å². The fourth-order valence-corrected chi connectivity index (χ4v) is 3.33. The second kappa shape index (κ2) is 10.2.